The van der Waals surface area contributed by atoms with Crippen LogP contribution in [0.3, 0.4) is 0 Å². The Kier molecular flexibility index (Phi) is 5.43. The number of nitrogens with zero attached hydrogens (tertiary/aromatic N) is 1. The normalized spacial score (nSPS) is 15.0. The molecule has 0 spiro atoms. The average molecular weight is 467 g/mol. The lowest BCUT2D eigenvalue weighted by Gasteiger charge is -2.28. The van der Waals surface area contributed by atoms with E-state index < -0.39 is 25.9 Å². The van der Waals surface area contributed by atoms with Crippen molar-refractivity contribution >= 4 is 37.1 Å². The lowest BCUT2D eigenvalue weighted by atomic mass is 10.0. The molecular formula is C20H19FN2O4S3. The van der Waals surface area contributed by atoms with Gasteiger partial charge >= 0.3 is 0 Å². The number of benzene rings is 2. The molecule has 0 radical (unpaired) electrons. The molecule has 0 fully saturated rings. The Morgan fingerprint density at radius 2 is 1.83 bits per heavy atom. The maximum atomic E-state index is 13.6. The highest BCUT2D eigenvalue weighted by Gasteiger charge is 2.29. The van der Waals surface area contributed by atoms with Gasteiger partial charge in [0.25, 0.3) is 20.0 Å². The molecule has 1 N–H and O–H groups in total. The second-order valence-corrected chi connectivity index (χ2v) is 11.8. The molecule has 6 nitrogen and oxygen atoms in total. The summed E-state index contributed by atoms with van der Waals surface area (Å²) in [4.78, 5) is -0.137. The van der Waals surface area contributed by atoms with E-state index in [9.17, 15) is 21.2 Å². The maximum absolute atomic E-state index is 13.6. The molecule has 4 rings (SSSR count). The Morgan fingerprint density at radius 3 is 2.57 bits per heavy atom. The number of thiophene rings is 1. The molecule has 30 heavy (non-hydrogen) atoms. The summed E-state index contributed by atoms with van der Waals surface area (Å²) in [5.74, 6) is -0.638. The topological polar surface area (TPSA) is 83.6 Å². The number of rotatable bonds is 5. The molecule has 1 aliphatic rings. The molecule has 0 saturated carbocycles. The van der Waals surface area contributed by atoms with Crippen LogP contribution >= 0.6 is 11.3 Å². The minimum absolute atomic E-state index is 0.137. The van der Waals surface area contributed by atoms with E-state index in [1.54, 1.807) is 42.6 Å². The van der Waals surface area contributed by atoms with Gasteiger partial charge in [-0.25, -0.2) is 21.2 Å². The summed E-state index contributed by atoms with van der Waals surface area (Å²) in [5, 5.41) is 1.71. The smallest absolute Gasteiger partial charge is 0.262 e. The summed E-state index contributed by atoms with van der Waals surface area (Å²) in [5.41, 5.74) is 2.43. The summed E-state index contributed by atoms with van der Waals surface area (Å²) in [6.07, 6.45) is 0.538. The van der Waals surface area contributed by atoms with Crippen LogP contribution in [0.1, 0.15) is 16.7 Å². The Labute approximate surface area is 179 Å². The monoisotopic (exact) mass is 466 g/mol. The van der Waals surface area contributed by atoms with Gasteiger partial charge in [-0.3, -0.25) is 4.72 Å². The summed E-state index contributed by atoms with van der Waals surface area (Å²) in [7, 11) is -7.58. The quantitative estimate of drug-likeness (QED) is 0.621. The van der Waals surface area contributed by atoms with Crippen LogP contribution in [0, 0.1) is 12.7 Å². The fourth-order valence-electron chi connectivity index (χ4n) is 3.41. The first kappa shape index (κ1) is 21.0. The molecule has 1 aliphatic heterocycles. The van der Waals surface area contributed by atoms with Gasteiger partial charge in [-0.1, -0.05) is 18.2 Å². The second-order valence-electron chi connectivity index (χ2n) is 7.02. The Hall–Kier alpha value is -2.27. The minimum atomic E-state index is -3.99. The number of hydrogen-bond acceptors (Lipinski definition) is 5. The molecule has 10 heteroatoms. The molecule has 3 aromatic rings. The lowest BCUT2D eigenvalue weighted by Crippen LogP contribution is -2.35. The molecule has 0 unspecified atom stereocenters. The van der Waals surface area contributed by atoms with Crippen LogP contribution in [-0.2, 0) is 33.0 Å². The Bertz CT molecular complexity index is 1300. The number of aryl methyl sites for hydroxylation is 1. The van der Waals surface area contributed by atoms with Crippen LogP contribution in [0.4, 0.5) is 10.1 Å². The van der Waals surface area contributed by atoms with Gasteiger partial charge in [0.15, 0.2) is 0 Å². The van der Waals surface area contributed by atoms with Crippen LogP contribution in [0.25, 0.3) is 0 Å². The van der Waals surface area contributed by atoms with Crippen molar-refractivity contribution < 1.29 is 21.2 Å². The van der Waals surface area contributed by atoms with Gasteiger partial charge in [-0.15, -0.1) is 11.3 Å². The number of nitrogens with one attached hydrogen (secondary N) is 1. The van der Waals surface area contributed by atoms with Gasteiger partial charge in [0, 0.05) is 18.8 Å². The predicted molar refractivity (Wildman–Crippen MR) is 114 cm³/mol. The van der Waals surface area contributed by atoms with Gasteiger partial charge in [-0.05, 0) is 65.7 Å². The molecule has 0 atom stereocenters. The lowest BCUT2D eigenvalue weighted by molar-refractivity contribution is 0.392. The zero-order valence-corrected chi connectivity index (χ0v) is 18.4. The van der Waals surface area contributed by atoms with Crippen molar-refractivity contribution in [3.63, 3.8) is 0 Å². The molecular weight excluding hydrogens is 447 g/mol. The molecule has 2 aromatic carbocycles. The van der Waals surface area contributed by atoms with Gasteiger partial charge in [0.2, 0.25) is 0 Å². The maximum Gasteiger partial charge on any atom is 0.262 e. The van der Waals surface area contributed by atoms with Gasteiger partial charge in [0.05, 0.1) is 4.90 Å². The van der Waals surface area contributed by atoms with E-state index in [-0.39, 0.29) is 15.6 Å². The first-order valence-corrected chi connectivity index (χ1v) is 12.9. The fraction of sp³-hybridized carbons (Fsp3) is 0.200. The van der Waals surface area contributed by atoms with Crippen molar-refractivity contribution in [2.45, 2.75) is 29.0 Å². The van der Waals surface area contributed by atoms with Crippen LogP contribution in [0.5, 0.6) is 0 Å². The van der Waals surface area contributed by atoms with E-state index in [1.807, 2.05) is 0 Å². The fourth-order valence-corrected chi connectivity index (χ4v) is 7.28. The highest BCUT2D eigenvalue weighted by atomic mass is 32.2. The highest BCUT2D eigenvalue weighted by molar-refractivity contribution is 7.92. The minimum Gasteiger partial charge on any atom is -0.280 e. The number of sulfonamides is 2. The average Bonchev–Trinajstić information content (AvgIpc) is 3.24. The van der Waals surface area contributed by atoms with E-state index in [0.29, 0.717) is 24.2 Å². The molecule has 0 saturated heterocycles. The van der Waals surface area contributed by atoms with Gasteiger partial charge in [0.1, 0.15) is 10.0 Å². The van der Waals surface area contributed by atoms with Crippen LogP contribution < -0.4 is 4.72 Å². The van der Waals surface area contributed by atoms with Crippen molar-refractivity contribution in [1.82, 2.24) is 4.31 Å². The highest BCUT2D eigenvalue weighted by Crippen LogP contribution is 2.29. The van der Waals surface area contributed by atoms with E-state index >= 15 is 0 Å². The summed E-state index contributed by atoms with van der Waals surface area (Å²) in [6, 6.07) is 11.9. The SMILES string of the molecule is Cc1ccc(F)cc1S(=O)(=O)Nc1ccc2c(c1)CN(S(=O)(=O)c1cccs1)CC2. The summed E-state index contributed by atoms with van der Waals surface area (Å²) < 4.78 is 68.8. The number of fused-ring (bicyclic) bond motifs is 1. The summed E-state index contributed by atoms with van der Waals surface area (Å²) in [6.45, 7) is 2.11. The number of anilines is 1. The van der Waals surface area contributed by atoms with E-state index in [1.165, 1.54) is 16.4 Å². The van der Waals surface area contributed by atoms with E-state index in [2.05, 4.69) is 4.72 Å². The standard InChI is InChI=1S/C20H19FN2O4S3/c1-14-4-6-17(21)12-19(14)29(24,25)22-18-7-5-15-8-9-23(13-16(15)11-18)30(26,27)20-3-2-10-28-20/h2-7,10-12,22H,8-9,13H2,1H3. The number of halogens is 1. The van der Waals surface area contributed by atoms with Crippen molar-refractivity contribution in [3.8, 4) is 0 Å². The number of hydrogen-bond donors (Lipinski definition) is 1. The first-order valence-electron chi connectivity index (χ1n) is 9.11. The van der Waals surface area contributed by atoms with Crippen LogP contribution in [0.2, 0.25) is 0 Å². The molecule has 0 amide bonds. The van der Waals surface area contributed by atoms with Crippen LogP contribution in [0.15, 0.2) is 63.0 Å². The van der Waals surface area contributed by atoms with E-state index in [4.69, 9.17) is 0 Å². The van der Waals surface area contributed by atoms with Crippen molar-refractivity contribution in [2.24, 2.45) is 0 Å². The molecule has 158 valence electrons. The zero-order chi connectivity index (χ0) is 21.5. The largest absolute Gasteiger partial charge is 0.280 e. The third-order valence-electron chi connectivity index (χ3n) is 4.96. The molecule has 1 aromatic heterocycles. The predicted octanol–water partition coefficient (Wildman–Crippen LogP) is 3.74. The Balaban J connectivity index is 1.61. The second kappa shape index (κ2) is 7.77. The molecule has 0 bridgehead atoms. The van der Waals surface area contributed by atoms with Crippen LogP contribution in [-0.4, -0.2) is 27.7 Å². The molecule has 0 aliphatic carbocycles. The zero-order valence-electron chi connectivity index (χ0n) is 16.0. The third kappa shape index (κ3) is 4.00. The van der Waals surface area contributed by atoms with E-state index in [0.717, 1.165) is 28.5 Å². The van der Waals surface area contributed by atoms with Gasteiger partial charge < -0.3 is 0 Å². The summed E-state index contributed by atoms with van der Waals surface area (Å²) >= 11 is 1.16. The third-order valence-corrected chi connectivity index (χ3v) is 9.71. The van der Waals surface area contributed by atoms with Crippen molar-refractivity contribution in [2.75, 3.05) is 11.3 Å². The first-order chi connectivity index (χ1) is 14.2. The Morgan fingerprint density at radius 1 is 1.03 bits per heavy atom. The van der Waals surface area contributed by atoms with Crippen molar-refractivity contribution in [3.05, 3.63) is 76.4 Å². The van der Waals surface area contributed by atoms with Crippen molar-refractivity contribution in [1.29, 1.82) is 0 Å². The molecule has 2 heterocycles. The van der Waals surface area contributed by atoms with Gasteiger partial charge in [-0.2, -0.15) is 4.31 Å².